The lowest BCUT2D eigenvalue weighted by atomic mass is 9.94. The fourth-order valence-electron chi connectivity index (χ4n) is 3.29. The summed E-state index contributed by atoms with van der Waals surface area (Å²) in [5, 5.41) is 31.9. The summed E-state index contributed by atoms with van der Waals surface area (Å²) in [7, 11) is 1.71. The van der Waals surface area contributed by atoms with Crippen molar-refractivity contribution in [2.45, 2.75) is 13.0 Å². The summed E-state index contributed by atoms with van der Waals surface area (Å²) in [6.45, 7) is 1.90. The second kappa shape index (κ2) is 9.09. The van der Waals surface area contributed by atoms with Crippen molar-refractivity contribution in [3.63, 3.8) is 0 Å². The van der Waals surface area contributed by atoms with Crippen molar-refractivity contribution in [1.82, 2.24) is 15.6 Å². The summed E-state index contributed by atoms with van der Waals surface area (Å²) < 4.78 is 20.1. The van der Waals surface area contributed by atoms with Gasteiger partial charge in [0.2, 0.25) is 0 Å². The molecule has 1 aromatic carbocycles. The molecule has 0 amide bonds. The van der Waals surface area contributed by atoms with E-state index >= 15 is 0 Å². The van der Waals surface area contributed by atoms with Gasteiger partial charge in [-0.3, -0.25) is 5.41 Å². The van der Waals surface area contributed by atoms with E-state index in [1.807, 2.05) is 6.07 Å². The largest absolute Gasteiger partial charge is 0.482 e. The Hall–Kier alpha value is -4.19. The Labute approximate surface area is 179 Å². The Balaban J connectivity index is 2.27. The van der Waals surface area contributed by atoms with Crippen LogP contribution in [-0.4, -0.2) is 30.5 Å². The molecule has 3 rings (SSSR count). The number of aromatic nitrogens is 1. The number of hydrogen-bond acceptors (Lipinski definition) is 8. The van der Waals surface area contributed by atoms with Crippen molar-refractivity contribution in [3.05, 3.63) is 70.3 Å². The molecule has 2 bridgehead atoms. The van der Waals surface area contributed by atoms with Crippen LogP contribution < -0.4 is 21.1 Å². The fraction of sp³-hybridized carbons (Fsp3) is 0.182. The highest BCUT2D eigenvalue weighted by molar-refractivity contribution is 6.12. The number of nitrogens with one attached hydrogen (secondary N) is 4. The van der Waals surface area contributed by atoms with Crippen LogP contribution in [0.2, 0.25) is 0 Å². The Morgan fingerprint density at radius 1 is 1.45 bits per heavy atom. The smallest absolute Gasteiger partial charge is 0.166 e. The average molecular weight is 419 g/mol. The van der Waals surface area contributed by atoms with Gasteiger partial charge in [-0.25, -0.2) is 9.37 Å². The van der Waals surface area contributed by atoms with E-state index in [2.05, 4.69) is 15.6 Å². The molecule has 0 aliphatic carbocycles. The van der Waals surface area contributed by atoms with Crippen LogP contribution in [0.4, 0.5) is 10.2 Å². The molecule has 0 radical (unpaired) electrons. The molecule has 1 aliphatic rings. The van der Waals surface area contributed by atoms with Crippen molar-refractivity contribution in [2.75, 3.05) is 19.3 Å². The number of ether oxygens (including phenoxy) is 1. The first-order valence-electron chi connectivity index (χ1n) is 9.45. The number of nitrogens with two attached hydrogens (primary N) is 1. The SMILES string of the molecule is CN/C=C1/CN/C(=C(/C#N)C=N)c2cnc(N)c(c2)O[C@H](C)c2cc(F)ccc2C1=N. The number of anilines is 1. The monoisotopic (exact) mass is 419 g/mol. The van der Waals surface area contributed by atoms with Gasteiger partial charge in [-0.05, 0) is 31.2 Å². The van der Waals surface area contributed by atoms with Crippen LogP contribution in [0.3, 0.4) is 0 Å². The first-order chi connectivity index (χ1) is 14.9. The number of hydrogen-bond donors (Lipinski definition) is 5. The van der Waals surface area contributed by atoms with Crippen molar-refractivity contribution < 1.29 is 9.13 Å². The second-order valence-electron chi connectivity index (χ2n) is 6.83. The van der Waals surface area contributed by atoms with Crippen molar-refractivity contribution >= 4 is 23.4 Å². The van der Waals surface area contributed by atoms with E-state index in [4.69, 9.17) is 21.3 Å². The molecule has 1 atom stereocenters. The van der Waals surface area contributed by atoms with E-state index in [0.717, 1.165) is 6.21 Å². The third-order valence-electron chi connectivity index (χ3n) is 4.82. The molecule has 1 aromatic heterocycles. The van der Waals surface area contributed by atoms with Crippen LogP contribution in [0.1, 0.15) is 29.7 Å². The Morgan fingerprint density at radius 2 is 2.23 bits per heavy atom. The van der Waals surface area contributed by atoms with Crippen LogP contribution in [0.25, 0.3) is 5.70 Å². The number of nitriles is 1. The fourth-order valence-corrected chi connectivity index (χ4v) is 3.29. The molecule has 8 nitrogen and oxygen atoms in total. The summed E-state index contributed by atoms with van der Waals surface area (Å²) >= 11 is 0. The predicted molar refractivity (Wildman–Crippen MR) is 117 cm³/mol. The molecular formula is C22H22FN7O. The zero-order chi connectivity index (χ0) is 22.5. The molecule has 158 valence electrons. The van der Waals surface area contributed by atoms with Crippen LogP contribution in [0.5, 0.6) is 5.75 Å². The maximum absolute atomic E-state index is 14.1. The van der Waals surface area contributed by atoms with Crippen LogP contribution in [0.15, 0.2) is 47.8 Å². The minimum absolute atomic E-state index is 0.0837. The summed E-state index contributed by atoms with van der Waals surface area (Å²) in [5.41, 5.74) is 8.63. The summed E-state index contributed by atoms with van der Waals surface area (Å²) in [6, 6.07) is 7.78. The lowest BCUT2D eigenvalue weighted by Gasteiger charge is -2.23. The Morgan fingerprint density at radius 3 is 2.90 bits per heavy atom. The van der Waals surface area contributed by atoms with Gasteiger partial charge in [0, 0.05) is 54.5 Å². The maximum atomic E-state index is 14.1. The number of nitrogen functional groups attached to an aromatic ring is 1. The number of fused-ring (bicyclic) bond motifs is 3. The van der Waals surface area contributed by atoms with E-state index in [0.29, 0.717) is 28.0 Å². The molecule has 6 N–H and O–H groups in total. The highest BCUT2D eigenvalue weighted by Gasteiger charge is 2.22. The van der Waals surface area contributed by atoms with Crippen LogP contribution in [0, 0.1) is 28.0 Å². The zero-order valence-corrected chi connectivity index (χ0v) is 17.1. The van der Waals surface area contributed by atoms with E-state index in [1.165, 1.54) is 24.4 Å². The number of halogens is 1. The molecule has 2 aromatic rings. The third kappa shape index (κ3) is 4.38. The highest BCUT2D eigenvalue weighted by Crippen LogP contribution is 2.32. The molecule has 1 aliphatic heterocycles. The predicted octanol–water partition coefficient (Wildman–Crippen LogP) is 2.90. The average Bonchev–Trinajstić information content (AvgIpc) is 2.76. The molecule has 31 heavy (non-hydrogen) atoms. The van der Waals surface area contributed by atoms with Crippen molar-refractivity contribution in [1.29, 1.82) is 16.1 Å². The van der Waals surface area contributed by atoms with Gasteiger partial charge in [0.15, 0.2) is 11.6 Å². The standard InChI is InChI=1S/C22H22FN7O/c1-12-18-6-16(23)3-4-17(18)20(26)15(9-28-2)11-29-21(14(7-24)8-25)13-5-19(31-12)22(27)30-10-13/h3-7,9-10,12,24,26,28-29H,11H2,1-2H3,(H2,27,30)/b15-9-,21-14+,24-7?,26-20?/t12-/m1/s1. The first kappa shape index (κ1) is 21.5. The molecule has 9 heteroatoms. The van der Waals surface area contributed by atoms with Gasteiger partial charge in [0.25, 0.3) is 0 Å². The van der Waals surface area contributed by atoms with Gasteiger partial charge in [-0.2, -0.15) is 5.26 Å². The van der Waals surface area contributed by atoms with Gasteiger partial charge in [-0.15, -0.1) is 0 Å². The lowest BCUT2D eigenvalue weighted by Crippen LogP contribution is -2.25. The van der Waals surface area contributed by atoms with Gasteiger partial charge in [-0.1, -0.05) is 0 Å². The third-order valence-corrected chi connectivity index (χ3v) is 4.82. The summed E-state index contributed by atoms with van der Waals surface area (Å²) in [4.78, 5) is 4.16. The van der Waals surface area contributed by atoms with Gasteiger partial charge >= 0.3 is 0 Å². The highest BCUT2D eigenvalue weighted by atomic mass is 19.1. The molecule has 0 spiro atoms. The van der Waals surface area contributed by atoms with Crippen molar-refractivity contribution in [2.24, 2.45) is 0 Å². The second-order valence-corrected chi connectivity index (χ2v) is 6.83. The molecule has 0 saturated heterocycles. The quantitative estimate of drug-likeness (QED) is 0.374. The number of benzene rings is 1. The summed E-state index contributed by atoms with van der Waals surface area (Å²) in [6.07, 6.45) is 3.43. The van der Waals surface area contributed by atoms with Gasteiger partial charge < -0.3 is 26.5 Å². The number of pyridine rings is 1. The van der Waals surface area contributed by atoms with Crippen molar-refractivity contribution in [3.8, 4) is 11.8 Å². The van der Waals surface area contributed by atoms with Crippen LogP contribution in [-0.2, 0) is 0 Å². The maximum Gasteiger partial charge on any atom is 0.166 e. The van der Waals surface area contributed by atoms with E-state index in [9.17, 15) is 9.65 Å². The number of rotatable bonds is 2. The van der Waals surface area contributed by atoms with E-state index in [-0.39, 0.29) is 29.4 Å². The van der Waals surface area contributed by atoms with E-state index in [1.54, 1.807) is 26.2 Å². The normalized spacial score (nSPS) is 19.0. The molecule has 2 heterocycles. The molecule has 0 saturated carbocycles. The Bertz CT molecular complexity index is 1150. The first-order valence-corrected chi connectivity index (χ1v) is 9.45. The van der Waals surface area contributed by atoms with Crippen LogP contribution >= 0.6 is 0 Å². The minimum atomic E-state index is -0.640. The van der Waals surface area contributed by atoms with Gasteiger partial charge in [0.05, 0.1) is 17.0 Å². The number of allylic oxidation sites excluding steroid dienone is 1. The lowest BCUT2D eigenvalue weighted by molar-refractivity contribution is 0.227. The topological polar surface area (TPSA) is 144 Å². The molecule has 0 fully saturated rings. The number of nitrogens with zero attached hydrogens (tertiary/aromatic N) is 2. The Kier molecular flexibility index (Phi) is 6.31. The van der Waals surface area contributed by atoms with Gasteiger partial charge in [0.1, 0.15) is 18.0 Å². The van der Waals surface area contributed by atoms with E-state index < -0.39 is 11.9 Å². The minimum Gasteiger partial charge on any atom is -0.482 e. The molecule has 0 unspecified atom stereocenters. The zero-order valence-electron chi connectivity index (χ0n) is 17.1. The molecular weight excluding hydrogens is 397 g/mol. The summed E-state index contributed by atoms with van der Waals surface area (Å²) in [5.74, 6) is -0.0647.